The second kappa shape index (κ2) is 7.27. The maximum absolute atomic E-state index is 12.8. The lowest BCUT2D eigenvalue weighted by Crippen LogP contribution is -2.60. The highest BCUT2D eigenvalue weighted by molar-refractivity contribution is 5.75. The number of carbonyl (C=O) groups excluding carboxylic acids is 1. The van der Waals surface area contributed by atoms with Crippen LogP contribution in [0.25, 0.3) is 0 Å². The molecule has 1 aliphatic heterocycles. The fourth-order valence-corrected chi connectivity index (χ4v) is 3.57. The monoisotopic (exact) mass is 283 g/mol. The number of hydrogen-bond acceptors (Lipinski definition) is 3. The van der Waals surface area contributed by atoms with Crippen molar-refractivity contribution in [3.63, 3.8) is 0 Å². The smallest absolute Gasteiger partial charge is 0.320 e. The number of rotatable bonds is 3. The van der Waals surface area contributed by atoms with Crippen molar-refractivity contribution in [1.29, 1.82) is 0 Å². The van der Waals surface area contributed by atoms with E-state index in [1.165, 1.54) is 25.7 Å². The van der Waals surface area contributed by atoms with Crippen LogP contribution in [0.4, 0.5) is 4.79 Å². The van der Waals surface area contributed by atoms with Gasteiger partial charge in [0.15, 0.2) is 0 Å². The molecule has 2 fully saturated rings. The molecule has 116 valence electrons. The molecule has 1 saturated heterocycles. The Morgan fingerprint density at radius 3 is 2.30 bits per heavy atom. The Labute approximate surface area is 122 Å². The van der Waals surface area contributed by atoms with Gasteiger partial charge >= 0.3 is 6.03 Å². The zero-order valence-electron chi connectivity index (χ0n) is 12.8. The predicted octanol–water partition coefficient (Wildman–Crippen LogP) is 1.81. The van der Waals surface area contributed by atoms with Gasteiger partial charge in [-0.3, -0.25) is 0 Å². The Kier molecular flexibility index (Phi) is 5.66. The van der Waals surface area contributed by atoms with Crippen LogP contribution in [0.5, 0.6) is 0 Å². The Balaban J connectivity index is 2.12. The number of amides is 2. The van der Waals surface area contributed by atoms with Gasteiger partial charge in [-0.15, -0.1) is 0 Å². The molecule has 5 nitrogen and oxygen atoms in total. The molecule has 0 radical (unpaired) electrons. The van der Waals surface area contributed by atoms with Crippen molar-refractivity contribution in [3.8, 4) is 0 Å². The van der Waals surface area contributed by atoms with Crippen molar-refractivity contribution in [2.45, 2.75) is 51.0 Å². The molecular formula is C15H29N3O2. The summed E-state index contributed by atoms with van der Waals surface area (Å²) in [7, 11) is 0. The van der Waals surface area contributed by atoms with Gasteiger partial charge in [0, 0.05) is 26.2 Å². The Bertz CT molecular complexity index is 308. The molecule has 1 saturated carbocycles. The molecule has 2 amide bonds. The van der Waals surface area contributed by atoms with Crippen LogP contribution < -0.4 is 5.73 Å². The van der Waals surface area contributed by atoms with Crippen LogP contribution in [0, 0.1) is 0 Å². The van der Waals surface area contributed by atoms with Crippen molar-refractivity contribution in [2.75, 3.05) is 39.4 Å². The molecule has 1 heterocycles. The third kappa shape index (κ3) is 3.26. The van der Waals surface area contributed by atoms with Crippen LogP contribution >= 0.6 is 0 Å². The SMILES string of the molecule is CCN(C(=O)N1CCOCC1)C1(CN)CCCCCC1. The summed E-state index contributed by atoms with van der Waals surface area (Å²) < 4.78 is 5.34. The summed E-state index contributed by atoms with van der Waals surface area (Å²) in [6.45, 7) is 6.11. The Hall–Kier alpha value is -0.810. The molecule has 0 unspecified atom stereocenters. The Morgan fingerprint density at radius 1 is 1.20 bits per heavy atom. The van der Waals surface area contributed by atoms with E-state index in [-0.39, 0.29) is 11.6 Å². The first-order valence-corrected chi connectivity index (χ1v) is 8.08. The average molecular weight is 283 g/mol. The van der Waals surface area contributed by atoms with Crippen LogP contribution in [-0.4, -0.2) is 60.8 Å². The minimum Gasteiger partial charge on any atom is -0.378 e. The molecule has 2 aliphatic rings. The van der Waals surface area contributed by atoms with Gasteiger partial charge in [0.1, 0.15) is 0 Å². The molecule has 20 heavy (non-hydrogen) atoms. The predicted molar refractivity (Wildman–Crippen MR) is 79.7 cm³/mol. The number of hydrogen-bond donors (Lipinski definition) is 1. The molecule has 0 aromatic carbocycles. The first-order valence-electron chi connectivity index (χ1n) is 8.08. The van der Waals surface area contributed by atoms with Crippen molar-refractivity contribution >= 4 is 6.03 Å². The fourth-order valence-electron chi connectivity index (χ4n) is 3.57. The molecule has 2 rings (SSSR count). The van der Waals surface area contributed by atoms with E-state index in [4.69, 9.17) is 10.5 Å². The van der Waals surface area contributed by atoms with E-state index in [2.05, 4.69) is 6.92 Å². The lowest BCUT2D eigenvalue weighted by atomic mass is 9.88. The maximum Gasteiger partial charge on any atom is 0.320 e. The highest BCUT2D eigenvalue weighted by atomic mass is 16.5. The molecular weight excluding hydrogens is 254 g/mol. The largest absolute Gasteiger partial charge is 0.378 e. The van der Waals surface area contributed by atoms with Crippen LogP contribution in [0.1, 0.15) is 45.4 Å². The number of carbonyl (C=O) groups is 1. The van der Waals surface area contributed by atoms with Gasteiger partial charge in [-0.1, -0.05) is 25.7 Å². The first-order chi connectivity index (χ1) is 9.73. The van der Waals surface area contributed by atoms with Crippen molar-refractivity contribution in [1.82, 2.24) is 9.80 Å². The summed E-state index contributed by atoms with van der Waals surface area (Å²) in [5.74, 6) is 0. The van der Waals surface area contributed by atoms with Gasteiger partial charge in [0.25, 0.3) is 0 Å². The number of morpholine rings is 1. The van der Waals surface area contributed by atoms with E-state index in [0.29, 0.717) is 32.8 Å². The third-order valence-electron chi connectivity index (χ3n) is 4.82. The number of nitrogens with zero attached hydrogens (tertiary/aromatic N) is 2. The second-order valence-corrected chi connectivity index (χ2v) is 5.97. The summed E-state index contributed by atoms with van der Waals surface area (Å²) >= 11 is 0. The number of urea groups is 1. The van der Waals surface area contributed by atoms with Crippen LogP contribution in [0.2, 0.25) is 0 Å². The summed E-state index contributed by atoms with van der Waals surface area (Å²) in [6.07, 6.45) is 7.01. The quantitative estimate of drug-likeness (QED) is 0.804. The summed E-state index contributed by atoms with van der Waals surface area (Å²) in [6, 6.07) is 0.156. The zero-order chi connectivity index (χ0) is 14.4. The van der Waals surface area contributed by atoms with Gasteiger partial charge < -0.3 is 20.3 Å². The van der Waals surface area contributed by atoms with E-state index < -0.39 is 0 Å². The lowest BCUT2D eigenvalue weighted by Gasteiger charge is -2.45. The van der Waals surface area contributed by atoms with E-state index in [9.17, 15) is 4.79 Å². The minimum atomic E-state index is -0.124. The molecule has 0 aromatic rings. The van der Waals surface area contributed by atoms with Crippen LogP contribution in [-0.2, 0) is 4.74 Å². The van der Waals surface area contributed by atoms with Crippen molar-refractivity contribution in [3.05, 3.63) is 0 Å². The number of ether oxygens (including phenoxy) is 1. The average Bonchev–Trinajstić information content (AvgIpc) is 2.75. The standard InChI is InChI=1S/C15H29N3O2/c1-2-18(14(19)17-9-11-20-12-10-17)15(13-16)7-5-3-4-6-8-15/h2-13,16H2,1H3. The maximum atomic E-state index is 12.8. The Morgan fingerprint density at radius 2 is 1.80 bits per heavy atom. The minimum absolute atomic E-state index is 0.124. The van der Waals surface area contributed by atoms with Crippen LogP contribution in [0.3, 0.4) is 0 Å². The van der Waals surface area contributed by atoms with Crippen molar-refractivity contribution < 1.29 is 9.53 Å². The van der Waals surface area contributed by atoms with E-state index >= 15 is 0 Å². The van der Waals surface area contributed by atoms with Crippen molar-refractivity contribution in [2.24, 2.45) is 5.73 Å². The number of nitrogens with two attached hydrogens (primary N) is 1. The lowest BCUT2D eigenvalue weighted by molar-refractivity contribution is 0.0261. The molecule has 0 aromatic heterocycles. The first kappa shape index (κ1) is 15.6. The fraction of sp³-hybridized carbons (Fsp3) is 0.933. The summed E-state index contributed by atoms with van der Waals surface area (Å²) in [4.78, 5) is 16.8. The second-order valence-electron chi connectivity index (χ2n) is 5.97. The molecule has 1 aliphatic carbocycles. The van der Waals surface area contributed by atoms with E-state index in [0.717, 1.165) is 19.4 Å². The topological polar surface area (TPSA) is 58.8 Å². The zero-order valence-corrected chi connectivity index (χ0v) is 12.8. The van der Waals surface area contributed by atoms with E-state index in [1.54, 1.807) is 0 Å². The van der Waals surface area contributed by atoms with Gasteiger partial charge in [-0.05, 0) is 19.8 Å². The molecule has 5 heteroatoms. The molecule has 0 bridgehead atoms. The summed E-state index contributed by atoms with van der Waals surface area (Å²) in [5.41, 5.74) is 5.99. The van der Waals surface area contributed by atoms with E-state index in [1.807, 2.05) is 9.80 Å². The normalized spacial score (nSPS) is 23.2. The van der Waals surface area contributed by atoms with Gasteiger partial charge in [-0.2, -0.15) is 0 Å². The number of likely N-dealkylation sites (N-methyl/N-ethyl adjacent to an activating group) is 1. The highest BCUT2D eigenvalue weighted by Gasteiger charge is 2.39. The van der Waals surface area contributed by atoms with Crippen LogP contribution in [0.15, 0.2) is 0 Å². The van der Waals surface area contributed by atoms with Gasteiger partial charge in [-0.25, -0.2) is 4.79 Å². The van der Waals surface area contributed by atoms with Gasteiger partial charge in [0.05, 0.1) is 18.8 Å². The van der Waals surface area contributed by atoms with Gasteiger partial charge in [0.2, 0.25) is 0 Å². The summed E-state index contributed by atoms with van der Waals surface area (Å²) in [5, 5.41) is 0. The molecule has 0 spiro atoms. The molecule has 0 atom stereocenters. The molecule has 2 N–H and O–H groups in total. The highest BCUT2D eigenvalue weighted by Crippen LogP contribution is 2.32. The third-order valence-corrected chi connectivity index (χ3v) is 4.82.